The first-order valence-corrected chi connectivity index (χ1v) is 12.6. The van der Waals surface area contributed by atoms with E-state index in [4.69, 9.17) is 4.74 Å². The summed E-state index contributed by atoms with van der Waals surface area (Å²) in [6, 6.07) is -2.84. The Morgan fingerprint density at radius 3 is 2.26 bits per heavy atom. The molecule has 34 heavy (non-hydrogen) atoms. The van der Waals surface area contributed by atoms with E-state index in [9.17, 15) is 24.0 Å². The second-order valence-corrected chi connectivity index (χ2v) is 10.3. The highest BCUT2D eigenvalue weighted by Crippen LogP contribution is 2.28. The molecule has 4 heterocycles. The van der Waals surface area contributed by atoms with E-state index in [1.165, 1.54) is 4.90 Å². The van der Waals surface area contributed by atoms with Crippen molar-refractivity contribution in [3.8, 4) is 0 Å². The first-order chi connectivity index (χ1) is 16.2. The van der Waals surface area contributed by atoms with Gasteiger partial charge in [0.2, 0.25) is 23.6 Å². The van der Waals surface area contributed by atoms with Crippen LogP contribution in [0.2, 0.25) is 0 Å². The van der Waals surface area contributed by atoms with Gasteiger partial charge in [0.25, 0.3) is 0 Å². The van der Waals surface area contributed by atoms with Crippen LogP contribution in [-0.2, 0) is 28.7 Å². The van der Waals surface area contributed by atoms with Crippen molar-refractivity contribution >= 4 is 29.6 Å². The molecule has 10 heteroatoms. The number of hydrogen-bond acceptors (Lipinski definition) is 6. The van der Waals surface area contributed by atoms with E-state index in [1.54, 1.807) is 23.6 Å². The van der Waals surface area contributed by atoms with Crippen LogP contribution in [0.1, 0.15) is 65.7 Å². The molecule has 4 aliphatic rings. The highest BCUT2D eigenvalue weighted by molar-refractivity contribution is 5.95. The SMILES string of the molecule is CC1CC(=O)N2CCCC2C(=O)N2CCCCC2C(=O)NC(C)C(=O)N2C[C@H](C)CC2C(=O)O1. The average Bonchev–Trinajstić information content (AvgIpc) is 3.44. The normalized spacial score (nSPS) is 36.1. The maximum absolute atomic E-state index is 13.5. The number of esters is 1. The zero-order chi connectivity index (χ0) is 24.6. The van der Waals surface area contributed by atoms with Gasteiger partial charge in [-0.1, -0.05) is 6.92 Å². The second kappa shape index (κ2) is 9.92. The number of nitrogens with one attached hydrogen (secondary N) is 1. The third-order valence-electron chi connectivity index (χ3n) is 7.52. The van der Waals surface area contributed by atoms with Gasteiger partial charge in [0, 0.05) is 19.6 Å². The number of cyclic esters (lactones) is 1. The summed E-state index contributed by atoms with van der Waals surface area (Å²) in [6.45, 7) is 6.57. The third-order valence-corrected chi connectivity index (χ3v) is 7.52. The van der Waals surface area contributed by atoms with Crippen molar-refractivity contribution < 1.29 is 28.7 Å². The van der Waals surface area contributed by atoms with Crippen LogP contribution in [-0.4, -0.2) is 94.2 Å². The van der Waals surface area contributed by atoms with E-state index in [-0.39, 0.29) is 36.0 Å². The molecule has 4 rings (SSSR count). The van der Waals surface area contributed by atoms with Gasteiger partial charge in [-0.05, 0) is 58.3 Å². The van der Waals surface area contributed by atoms with Crippen LogP contribution < -0.4 is 5.32 Å². The van der Waals surface area contributed by atoms with Crippen LogP contribution in [0.5, 0.6) is 0 Å². The number of hydrogen-bond donors (Lipinski definition) is 1. The fraction of sp³-hybridized carbons (Fsp3) is 0.792. The predicted octanol–water partition coefficient (Wildman–Crippen LogP) is 0.436. The van der Waals surface area contributed by atoms with E-state index >= 15 is 0 Å². The number of nitrogens with zero attached hydrogens (tertiary/aromatic N) is 3. The lowest BCUT2D eigenvalue weighted by Gasteiger charge is -2.38. The number of rotatable bonds is 0. The first-order valence-electron chi connectivity index (χ1n) is 12.6. The summed E-state index contributed by atoms with van der Waals surface area (Å²) < 4.78 is 5.59. The lowest BCUT2D eigenvalue weighted by molar-refractivity contribution is -0.160. The summed E-state index contributed by atoms with van der Waals surface area (Å²) in [5, 5.41) is 2.79. The van der Waals surface area contributed by atoms with Gasteiger partial charge in [0.15, 0.2) is 0 Å². The zero-order valence-electron chi connectivity index (χ0n) is 20.3. The number of carbonyl (C=O) groups is 5. The Kier molecular flexibility index (Phi) is 7.14. The minimum Gasteiger partial charge on any atom is -0.461 e. The van der Waals surface area contributed by atoms with Gasteiger partial charge in [-0.25, -0.2) is 4.79 Å². The fourth-order valence-electron chi connectivity index (χ4n) is 5.80. The first kappa shape index (κ1) is 24.5. The quantitative estimate of drug-likeness (QED) is 0.507. The van der Waals surface area contributed by atoms with E-state index < -0.39 is 36.2 Å². The van der Waals surface area contributed by atoms with Crippen LogP contribution in [0.4, 0.5) is 0 Å². The largest absolute Gasteiger partial charge is 0.461 e. The van der Waals surface area contributed by atoms with Gasteiger partial charge in [-0.2, -0.15) is 0 Å². The van der Waals surface area contributed by atoms with E-state index in [2.05, 4.69) is 5.32 Å². The second-order valence-electron chi connectivity index (χ2n) is 10.3. The topological polar surface area (TPSA) is 116 Å². The summed E-state index contributed by atoms with van der Waals surface area (Å²) in [5.41, 5.74) is 0. The Balaban J connectivity index is 1.64. The van der Waals surface area contributed by atoms with Gasteiger partial charge >= 0.3 is 5.97 Å². The van der Waals surface area contributed by atoms with Crippen LogP contribution >= 0.6 is 0 Å². The summed E-state index contributed by atoms with van der Waals surface area (Å²) in [4.78, 5) is 70.6. The number of piperidine rings is 1. The lowest BCUT2D eigenvalue weighted by Crippen LogP contribution is -2.59. The van der Waals surface area contributed by atoms with Gasteiger partial charge in [-0.3, -0.25) is 19.2 Å². The summed E-state index contributed by atoms with van der Waals surface area (Å²) in [5.74, 6) is -1.57. The molecule has 5 unspecified atom stereocenters. The minimum absolute atomic E-state index is 0.0218. The molecular weight excluding hydrogens is 440 g/mol. The van der Waals surface area contributed by atoms with Crippen molar-refractivity contribution in [1.82, 2.24) is 20.0 Å². The molecule has 0 aromatic heterocycles. The Morgan fingerprint density at radius 2 is 1.50 bits per heavy atom. The molecule has 0 aliphatic carbocycles. The molecule has 6 atom stereocenters. The van der Waals surface area contributed by atoms with Crippen LogP contribution in [0.25, 0.3) is 0 Å². The van der Waals surface area contributed by atoms with Crippen molar-refractivity contribution in [2.75, 3.05) is 19.6 Å². The number of carbonyl (C=O) groups excluding carboxylic acids is 5. The molecule has 0 aromatic carbocycles. The highest BCUT2D eigenvalue weighted by Gasteiger charge is 2.44. The molecule has 1 N–H and O–H groups in total. The smallest absolute Gasteiger partial charge is 0.329 e. The van der Waals surface area contributed by atoms with E-state index in [0.29, 0.717) is 45.3 Å². The average molecular weight is 477 g/mol. The third kappa shape index (κ3) is 4.77. The number of fused-ring (bicyclic) bond motifs is 3. The molecule has 188 valence electrons. The van der Waals surface area contributed by atoms with Crippen molar-refractivity contribution in [2.45, 2.75) is 96.0 Å². The van der Waals surface area contributed by atoms with Crippen LogP contribution in [0.15, 0.2) is 0 Å². The van der Waals surface area contributed by atoms with Crippen molar-refractivity contribution in [1.29, 1.82) is 0 Å². The molecule has 0 saturated carbocycles. The lowest BCUT2D eigenvalue weighted by atomic mass is 9.99. The maximum atomic E-state index is 13.5. The molecule has 4 amide bonds. The molecular formula is C24H36N4O6. The van der Waals surface area contributed by atoms with Crippen LogP contribution in [0, 0.1) is 5.92 Å². The van der Waals surface area contributed by atoms with E-state index in [1.807, 2.05) is 6.92 Å². The molecule has 0 spiro atoms. The van der Waals surface area contributed by atoms with Crippen molar-refractivity contribution in [2.24, 2.45) is 5.92 Å². The Labute approximate surface area is 200 Å². The summed E-state index contributed by atoms with van der Waals surface area (Å²) in [6.07, 6.45) is 3.17. The molecule has 0 radical (unpaired) electrons. The van der Waals surface area contributed by atoms with Gasteiger partial charge in [-0.15, -0.1) is 0 Å². The maximum Gasteiger partial charge on any atom is 0.329 e. The number of amides is 4. The Morgan fingerprint density at radius 1 is 0.794 bits per heavy atom. The van der Waals surface area contributed by atoms with Gasteiger partial charge in [0.05, 0.1) is 6.42 Å². The highest BCUT2D eigenvalue weighted by atomic mass is 16.5. The molecule has 4 fully saturated rings. The predicted molar refractivity (Wildman–Crippen MR) is 121 cm³/mol. The van der Waals surface area contributed by atoms with E-state index in [0.717, 1.165) is 12.8 Å². The summed E-state index contributed by atoms with van der Waals surface area (Å²) in [7, 11) is 0. The molecule has 4 aliphatic heterocycles. The van der Waals surface area contributed by atoms with Crippen molar-refractivity contribution in [3.63, 3.8) is 0 Å². The Hall–Kier alpha value is -2.65. The Bertz CT molecular complexity index is 862. The fourth-order valence-corrected chi connectivity index (χ4v) is 5.80. The van der Waals surface area contributed by atoms with Crippen LogP contribution in [0.3, 0.4) is 0 Å². The molecule has 4 saturated heterocycles. The molecule has 0 bridgehead atoms. The van der Waals surface area contributed by atoms with Gasteiger partial charge in [0.1, 0.15) is 30.3 Å². The van der Waals surface area contributed by atoms with Gasteiger partial charge < -0.3 is 24.8 Å². The van der Waals surface area contributed by atoms with Crippen molar-refractivity contribution in [3.05, 3.63) is 0 Å². The standard InChI is InChI=1S/C24H36N4O6/c1-14-11-19-24(33)34-15(2)12-20(29)26-10-6-8-18(26)23(32)27-9-5-4-7-17(27)21(30)25-16(3)22(31)28(19)13-14/h14-19H,4-13H2,1-3H3,(H,25,30)/t14-,15?,16?,17?,18?,19?/m1/s1. The zero-order valence-corrected chi connectivity index (χ0v) is 20.3. The molecule has 10 nitrogen and oxygen atoms in total. The minimum atomic E-state index is -0.832. The summed E-state index contributed by atoms with van der Waals surface area (Å²) >= 11 is 0. The molecule has 0 aromatic rings. The number of ether oxygens (including phenoxy) is 1. The monoisotopic (exact) mass is 476 g/mol.